The van der Waals surface area contributed by atoms with Crippen LogP contribution < -0.4 is 14.4 Å². The number of methoxy groups -OCH3 is 2. The van der Waals surface area contributed by atoms with Crippen LogP contribution in [0, 0.1) is 5.41 Å². The number of hydrogen-bond acceptors (Lipinski definition) is 7. The fourth-order valence-corrected chi connectivity index (χ4v) is 7.57. The maximum atomic E-state index is 12.3. The predicted molar refractivity (Wildman–Crippen MR) is 160 cm³/mol. The van der Waals surface area contributed by atoms with Crippen molar-refractivity contribution in [2.75, 3.05) is 19.1 Å². The zero-order chi connectivity index (χ0) is 28.7. The fraction of sp³-hybridized carbons (Fsp3) is 0.438. The number of hydrogen-bond donors (Lipinski definition) is 0. The van der Waals surface area contributed by atoms with Crippen molar-refractivity contribution in [1.29, 1.82) is 0 Å². The number of esters is 1. The van der Waals surface area contributed by atoms with Gasteiger partial charge in [-0.3, -0.25) is 4.98 Å². The molecule has 1 aromatic heterocycles. The molecule has 2 unspecified atom stereocenters. The van der Waals surface area contributed by atoms with Crippen LogP contribution >= 0.6 is 0 Å². The van der Waals surface area contributed by atoms with Crippen LogP contribution in [-0.4, -0.2) is 46.4 Å². The number of pyridine rings is 1. The molecule has 4 rings (SSSR count). The summed E-state index contributed by atoms with van der Waals surface area (Å²) in [5, 5.41) is 0. The van der Waals surface area contributed by atoms with E-state index in [1.807, 2.05) is 54.7 Å². The van der Waals surface area contributed by atoms with E-state index in [9.17, 15) is 4.79 Å². The van der Waals surface area contributed by atoms with Crippen molar-refractivity contribution in [3.8, 4) is 11.5 Å². The summed E-state index contributed by atoms with van der Waals surface area (Å²) in [7, 11) is 2.18. The lowest BCUT2D eigenvalue weighted by Gasteiger charge is -2.29. The molecule has 8 heteroatoms. The van der Waals surface area contributed by atoms with Crippen molar-refractivity contribution < 1.29 is 23.4 Å². The number of benzene rings is 2. The Bertz CT molecular complexity index is 1260. The average Bonchev–Trinajstić information content (AvgIpc) is 3.37. The van der Waals surface area contributed by atoms with Gasteiger partial charge in [0.25, 0.3) is 0 Å². The van der Waals surface area contributed by atoms with Gasteiger partial charge in [0.15, 0.2) is 0 Å². The lowest BCUT2D eigenvalue weighted by Crippen LogP contribution is -2.26. The Morgan fingerprint density at radius 2 is 1.85 bits per heavy atom. The molecule has 0 aliphatic heterocycles. The molecule has 1 heterocycles. The second-order valence-electron chi connectivity index (χ2n) is 11.6. The minimum atomic E-state index is -0.868. The molecule has 40 heavy (non-hydrogen) atoms. The smallest absolute Gasteiger partial charge is 0.337 e. The van der Waals surface area contributed by atoms with E-state index in [4.69, 9.17) is 18.6 Å². The molecule has 1 aliphatic carbocycles. The van der Waals surface area contributed by atoms with Gasteiger partial charge < -0.3 is 23.5 Å². The number of rotatable bonds is 11. The second-order valence-corrected chi connectivity index (χ2v) is 13.5. The molecule has 0 N–H and O–H groups in total. The molecule has 2 atom stereocenters. The largest absolute Gasteiger partial charge is 0.497 e. The molecule has 0 saturated heterocycles. The van der Waals surface area contributed by atoms with Crippen LogP contribution in [-0.2, 0) is 15.7 Å². The van der Waals surface area contributed by atoms with Gasteiger partial charge in [-0.15, -0.1) is 0 Å². The lowest BCUT2D eigenvalue weighted by molar-refractivity contribution is 0.0600. The number of ether oxygens (including phenoxy) is 3. The van der Waals surface area contributed by atoms with Crippen molar-refractivity contribution in [2.24, 2.45) is 5.41 Å². The highest BCUT2D eigenvalue weighted by Crippen LogP contribution is 2.40. The highest BCUT2D eigenvalue weighted by Gasteiger charge is 2.31. The van der Waals surface area contributed by atoms with E-state index in [1.165, 1.54) is 7.11 Å². The number of anilines is 2. The third kappa shape index (κ3) is 8.08. The summed E-state index contributed by atoms with van der Waals surface area (Å²) in [6, 6.07) is 18.4. The summed E-state index contributed by atoms with van der Waals surface area (Å²) >= 11 is 0. The molecule has 1 saturated carbocycles. The SMILES string of the molecule is COC(=O)c1cccc(N(Cc2cccnc2)c2ccc(OC)cc2OC2CCC(O[Si](C)CC(C)(C)C)C2)c1. The zero-order valence-corrected chi connectivity index (χ0v) is 25.5. The fourth-order valence-electron chi connectivity index (χ4n) is 5.21. The van der Waals surface area contributed by atoms with Crippen molar-refractivity contribution in [2.45, 2.75) is 71.4 Å². The van der Waals surface area contributed by atoms with Gasteiger partial charge in [0.2, 0.25) is 9.04 Å². The highest BCUT2D eigenvalue weighted by molar-refractivity contribution is 6.50. The standard InChI is InChI=1S/C32H41N2O5Si/c1-32(2,3)22-40(6)39-28-13-12-27(18-28)38-30-19-26(36-4)14-15-29(30)34(21-23-9-8-16-33-20-23)25-11-7-10-24(17-25)31(35)37-5/h7-11,14-17,19-20,27-28H,12-13,18,21-22H2,1-6H3. The van der Waals surface area contributed by atoms with Crippen LogP contribution in [0.2, 0.25) is 12.6 Å². The summed E-state index contributed by atoms with van der Waals surface area (Å²) < 4.78 is 23.8. The van der Waals surface area contributed by atoms with Gasteiger partial charge in [-0.05, 0) is 72.8 Å². The van der Waals surface area contributed by atoms with Gasteiger partial charge in [-0.1, -0.05) is 32.9 Å². The quantitative estimate of drug-likeness (QED) is 0.181. The molecule has 0 spiro atoms. The zero-order valence-electron chi connectivity index (χ0n) is 24.5. The number of nitrogens with zero attached hydrogens (tertiary/aromatic N) is 2. The van der Waals surface area contributed by atoms with Crippen molar-refractivity contribution >= 4 is 26.4 Å². The molecule has 0 bridgehead atoms. The molecule has 1 radical (unpaired) electrons. The van der Waals surface area contributed by atoms with E-state index in [1.54, 1.807) is 19.4 Å². The first-order chi connectivity index (χ1) is 19.1. The topological polar surface area (TPSA) is 70.1 Å². The summed E-state index contributed by atoms with van der Waals surface area (Å²) in [4.78, 5) is 18.8. The third-order valence-corrected chi connectivity index (χ3v) is 9.17. The van der Waals surface area contributed by atoms with Crippen LogP contribution in [0.4, 0.5) is 11.4 Å². The van der Waals surface area contributed by atoms with Gasteiger partial charge in [-0.25, -0.2) is 4.79 Å². The Kier molecular flexibility index (Phi) is 9.87. The molecule has 2 aromatic carbocycles. The van der Waals surface area contributed by atoms with E-state index >= 15 is 0 Å². The predicted octanol–water partition coefficient (Wildman–Crippen LogP) is 7.20. The van der Waals surface area contributed by atoms with Crippen molar-refractivity contribution in [1.82, 2.24) is 4.98 Å². The number of carbonyl (C=O) groups is 1. The highest BCUT2D eigenvalue weighted by atomic mass is 28.3. The Morgan fingerprint density at radius 1 is 1.05 bits per heavy atom. The van der Waals surface area contributed by atoms with Crippen molar-refractivity contribution in [3.05, 3.63) is 78.1 Å². The van der Waals surface area contributed by atoms with E-state index in [2.05, 4.69) is 37.2 Å². The second kappa shape index (κ2) is 13.3. The van der Waals surface area contributed by atoms with E-state index in [0.29, 0.717) is 12.1 Å². The maximum absolute atomic E-state index is 12.3. The number of aromatic nitrogens is 1. The van der Waals surface area contributed by atoms with Crippen LogP contribution in [0.3, 0.4) is 0 Å². The lowest BCUT2D eigenvalue weighted by atomic mass is 10.0. The van der Waals surface area contributed by atoms with Gasteiger partial charge in [0, 0.05) is 43.2 Å². The molecular weight excluding hydrogens is 520 g/mol. The van der Waals surface area contributed by atoms with Crippen LogP contribution in [0.25, 0.3) is 0 Å². The molecule has 1 aliphatic rings. The first-order valence-corrected chi connectivity index (χ1v) is 16.0. The third-order valence-electron chi connectivity index (χ3n) is 6.88. The molecule has 0 amide bonds. The van der Waals surface area contributed by atoms with Gasteiger partial charge >= 0.3 is 5.97 Å². The molecule has 1 fully saturated rings. The first-order valence-electron chi connectivity index (χ1n) is 13.8. The first kappa shape index (κ1) is 29.6. The summed E-state index contributed by atoms with van der Waals surface area (Å²) in [6.45, 7) is 9.61. The average molecular weight is 562 g/mol. The van der Waals surface area contributed by atoms with Crippen molar-refractivity contribution in [3.63, 3.8) is 0 Å². The van der Waals surface area contributed by atoms with Gasteiger partial charge in [0.05, 0.1) is 25.5 Å². The summed E-state index contributed by atoms with van der Waals surface area (Å²) in [6.07, 6.45) is 6.68. The Morgan fingerprint density at radius 3 is 2.55 bits per heavy atom. The Balaban J connectivity index is 1.62. The molecule has 7 nitrogen and oxygen atoms in total. The Labute approximate surface area is 240 Å². The van der Waals surface area contributed by atoms with E-state index in [0.717, 1.165) is 53.7 Å². The maximum Gasteiger partial charge on any atom is 0.337 e. The van der Waals surface area contributed by atoms with Gasteiger partial charge in [0.1, 0.15) is 17.6 Å². The Hall–Kier alpha value is -3.36. The van der Waals surface area contributed by atoms with E-state index in [-0.39, 0.29) is 23.6 Å². The summed E-state index contributed by atoms with van der Waals surface area (Å²) in [5.74, 6) is 1.07. The molecule has 3 aromatic rings. The normalized spacial score (nSPS) is 17.1. The number of carbonyl (C=O) groups excluding carboxylic acids is 1. The van der Waals surface area contributed by atoms with Gasteiger partial charge in [-0.2, -0.15) is 0 Å². The van der Waals surface area contributed by atoms with E-state index < -0.39 is 9.04 Å². The minimum absolute atomic E-state index is 0.0435. The van der Waals surface area contributed by atoms with Crippen LogP contribution in [0.1, 0.15) is 56.0 Å². The summed E-state index contributed by atoms with van der Waals surface area (Å²) in [5.41, 5.74) is 3.50. The van der Waals surface area contributed by atoms with Crippen LogP contribution in [0.5, 0.6) is 11.5 Å². The minimum Gasteiger partial charge on any atom is -0.497 e. The van der Waals surface area contributed by atoms with Crippen LogP contribution in [0.15, 0.2) is 67.0 Å². The molecular formula is C32H41N2O5Si. The molecule has 213 valence electrons. The monoisotopic (exact) mass is 561 g/mol.